The molecule has 30 heavy (non-hydrogen) atoms. The maximum absolute atomic E-state index is 12.7. The highest BCUT2D eigenvalue weighted by molar-refractivity contribution is 7.03. The molecule has 0 aliphatic carbocycles. The number of benzene rings is 1. The zero-order valence-electron chi connectivity index (χ0n) is 16.8. The van der Waals surface area contributed by atoms with Gasteiger partial charge in [0.05, 0.1) is 24.4 Å². The number of aromatic nitrogens is 3. The molecule has 1 aromatic carbocycles. The number of ether oxygens (including phenoxy) is 1. The molecule has 1 saturated heterocycles. The fraction of sp³-hybridized carbons (Fsp3) is 0.429. The quantitative estimate of drug-likeness (QED) is 0.620. The van der Waals surface area contributed by atoms with Crippen LogP contribution in [0.2, 0.25) is 0 Å². The summed E-state index contributed by atoms with van der Waals surface area (Å²) in [6.45, 7) is 1.92. The molecule has 2 aliphatic heterocycles. The van der Waals surface area contributed by atoms with Gasteiger partial charge in [-0.3, -0.25) is 14.7 Å². The molecule has 1 amide bonds. The highest BCUT2D eigenvalue weighted by Gasteiger charge is 2.31. The van der Waals surface area contributed by atoms with Gasteiger partial charge in [0.1, 0.15) is 11.3 Å². The molecule has 0 spiro atoms. The number of amides is 1. The van der Waals surface area contributed by atoms with Gasteiger partial charge in [0.2, 0.25) is 5.91 Å². The fourth-order valence-electron chi connectivity index (χ4n) is 4.14. The van der Waals surface area contributed by atoms with Gasteiger partial charge in [0, 0.05) is 41.8 Å². The molecule has 1 fully saturated rings. The van der Waals surface area contributed by atoms with E-state index in [0.717, 1.165) is 41.5 Å². The first-order chi connectivity index (χ1) is 14.7. The Balaban J connectivity index is 1.56. The molecule has 0 radical (unpaired) electrons. The van der Waals surface area contributed by atoms with Gasteiger partial charge in [-0.2, -0.15) is 0 Å². The minimum Gasteiger partial charge on any atom is -0.491 e. The minimum absolute atomic E-state index is 0.0769. The van der Waals surface area contributed by atoms with Crippen LogP contribution in [0.3, 0.4) is 0 Å². The van der Waals surface area contributed by atoms with E-state index in [1.807, 2.05) is 30.8 Å². The van der Waals surface area contributed by atoms with Crippen molar-refractivity contribution in [3.63, 3.8) is 0 Å². The lowest BCUT2D eigenvalue weighted by molar-refractivity contribution is -0.127. The lowest BCUT2D eigenvalue weighted by Gasteiger charge is -2.36. The Morgan fingerprint density at radius 3 is 3.10 bits per heavy atom. The number of hydrogen-bond acceptors (Lipinski definition) is 8. The predicted octanol–water partition coefficient (Wildman–Crippen LogP) is 2.53. The van der Waals surface area contributed by atoms with Crippen LogP contribution in [0.5, 0.6) is 5.75 Å². The van der Waals surface area contributed by atoms with Gasteiger partial charge in [-0.05, 0) is 50.0 Å². The number of piperidine rings is 1. The van der Waals surface area contributed by atoms with Crippen LogP contribution in [0, 0.1) is 0 Å². The number of carbonyl (C=O) groups is 1. The Hall–Kier alpha value is -2.78. The average molecular weight is 425 g/mol. The van der Waals surface area contributed by atoms with Crippen molar-refractivity contribution in [2.75, 3.05) is 32.1 Å². The van der Waals surface area contributed by atoms with Crippen molar-refractivity contribution < 1.29 is 9.53 Å². The second kappa shape index (κ2) is 8.16. The van der Waals surface area contributed by atoms with Gasteiger partial charge >= 0.3 is 0 Å². The van der Waals surface area contributed by atoms with Crippen molar-refractivity contribution in [3.05, 3.63) is 29.9 Å². The number of anilines is 1. The van der Waals surface area contributed by atoms with Gasteiger partial charge < -0.3 is 15.4 Å². The van der Waals surface area contributed by atoms with Crippen molar-refractivity contribution in [1.29, 1.82) is 0 Å². The molecule has 4 bridgehead atoms. The topological polar surface area (TPSA) is 92.3 Å². The number of likely N-dealkylation sites (N-methyl/N-ethyl adjacent to an activating group) is 1. The second-order valence-corrected chi connectivity index (χ2v) is 8.49. The van der Waals surface area contributed by atoms with Crippen LogP contribution in [0.4, 0.5) is 5.82 Å². The molecule has 2 aromatic heterocycles. The summed E-state index contributed by atoms with van der Waals surface area (Å²) in [6.07, 6.45) is 6.01. The Morgan fingerprint density at radius 2 is 2.23 bits per heavy atom. The minimum atomic E-state index is -0.137. The summed E-state index contributed by atoms with van der Waals surface area (Å²) in [5, 5.41) is 8.57. The summed E-state index contributed by atoms with van der Waals surface area (Å²) in [5.74, 6) is 1.50. The number of nitrogens with zero attached hydrogens (tertiary/aromatic N) is 4. The van der Waals surface area contributed by atoms with E-state index in [2.05, 4.69) is 24.9 Å². The van der Waals surface area contributed by atoms with Crippen molar-refractivity contribution in [1.82, 2.24) is 24.6 Å². The Kier molecular flexibility index (Phi) is 5.22. The largest absolute Gasteiger partial charge is 0.491 e. The monoisotopic (exact) mass is 424 g/mol. The van der Waals surface area contributed by atoms with Crippen molar-refractivity contribution in [2.45, 2.75) is 31.3 Å². The second-order valence-electron chi connectivity index (χ2n) is 7.83. The van der Waals surface area contributed by atoms with Crippen molar-refractivity contribution in [2.24, 2.45) is 0 Å². The van der Waals surface area contributed by atoms with Crippen molar-refractivity contribution in [3.8, 4) is 16.9 Å². The molecule has 9 heteroatoms. The van der Waals surface area contributed by atoms with E-state index in [4.69, 9.17) is 9.72 Å². The first-order valence-corrected chi connectivity index (χ1v) is 11.1. The fourth-order valence-corrected chi connectivity index (χ4v) is 4.68. The normalized spacial score (nSPS) is 22.8. The molecular weight excluding hydrogens is 400 g/mol. The van der Waals surface area contributed by atoms with Gasteiger partial charge in [0.25, 0.3) is 0 Å². The molecule has 156 valence electrons. The van der Waals surface area contributed by atoms with E-state index in [0.29, 0.717) is 31.1 Å². The number of rotatable bonds is 1. The summed E-state index contributed by atoms with van der Waals surface area (Å²) >= 11 is 1.41. The number of hydrogen-bond donors (Lipinski definition) is 2. The predicted molar refractivity (Wildman–Crippen MR) is 117 cm³/mol. The summed E-state index contributed by atoms with van der Waals surface area (Å²) in [7, 11) is 2.01. The summed E-state index contributed by atoms with van der Waals surface area (Å²) in [5.41, 5.74) is 3.50. The SMILES string of the molecule is CN1CC[C@H]2C[C@H]1C(=O)NCCCOc1c(-c3cnsc3)ccc3ncc(nc13)N2. The van der Waals surface area contributed by atoms with E-state index in [-0.39, 0.29) is 18.0 Å². The Labute approximate surface area is 178 Å². The van der Waals surface area contributed by atoms with Crippen LogP contribution in [0.15, 0.2) is 29.9 Å². The van der Waals surface area contributed by atoms with Gasteiger partial charge in [-0.15, -0.1) is 0 Å². The standard InChI is InChI=1S/C21H24N6O2S/c1-27-7-5-14-9-17(27)21(28)22-6-2-8-29-20-15(13-10-24-30-12-13)3-4-16-19(20)26-18(25-14)11-23-16/h3-4,10-12,14,17H,2,5-9H2,1H3,(H,22,28)(H,25,26)/t14-,17-/m0/s1. The summed E-state index contributed by atoms with van der Waals surface area (Å²) in [4.78, 5) is 24.3. The first kappa shape index (κ1) is 19.2. The van der Waals surface area contributed by atoms with Crippen LogP contribution in [0.25, 0.3) is 22.2 Å². The molecule has 2 N–H and O–H groups in total. The van der Waals surface area contributed by atoms with Crippen molar-refractivity contribution >= 4 is 34.3 Å². The highest BCUT2D eigenvalue weighted by Crippen LogP contribution is 2.36. The Morgan fingerprint density at radius 1 is 1.30 bits per heavy atom. The zero-order valence-corrected chi connectivity index (χ0v) is 17.6. The first-order valence-electron chi connectivity index (χ1n) is 10.3. The molecular formula is C21H24N6O2S. The molecule has 0 saturated carbocycles. The molecule has 2 aliphatic rings. The summed E-state index contributed by atoms with van der Waals surface area (Å²) in [6, 6.07) is 4.01. The van der Waals surface area contributed by atoms with Crippen LogP contribution in [0.1, 0.15) is 19.3 Å². The van der Waals surface area contributed by atoms with Crippen LogP contribution >= 0.6 is 11.5 Å². The van der Waals surface area contributed by atoms with E-state index >= 15 is 0 Å². The smallest absolute Gasteiger partial charge is 0.237 e. The Bertz CT molecular complexity index is 1060. The van der Waals surface area contributed by atoms with E-state index in [9.17, 15) is 4.79 Å². The lowest BCUT2D eigenvalue weighted by Crippen LogP contribution is -2.52. The molecule has 5 rings (SSSR count). The van der Waals surface area contributed by atoms with Crippen LogP contribution in [-0.4, -0.2) is 64.0 Å². The molecule has 8 nitrogen and oxygen atoms in total. The van der Waals surface area contributed by atoms with Gasteiger partial charge in [-0.25, -0.2) is 9.36 Å². The lowest BCUT2D eigenvalue weighted by atomic mass is 9.97. The molecule has 3 aromatic rings. The molecule has 0 unspecified atom stereocenters. The summed E-state index contributed by atoms with van der Waals surface area (Å²) < 4.78 is 10.4. The maximum Gasteiger partial charge on any atom is 0.237 e. The molecule has 4 heterocycles. The highest BCUT2D eigenvalue weighted by atomic mass is 32.1. The third kappa shape index (κ3) is 3.70. The van der Waals surface area contributed by atoms with Gasteiger partial charge in [0.15, 0.2) is 5.75 Å². The third-order valence-corrected chi connectivity index (χ3v) is 6.39. The number of nitrogens with one attached hydrogen (secondary N) is 2. The molecule has 2 atom stereocenters. The number of fused-ring (bicyclic) bond motifs is 3. The maximum atomic E-state index is 12.7. The zero-order chi connectivity index (χ0) is 20.5. The average Bonchev–Trinajstić information content (AvgIpc) is 3.29. The number of likely N-dealkylation sites (tertiary alicyclic amines) is 1. The van der Waals surface area contributed by atoms with Crippen LogP contribution in [-0.2, 0) is 4.79 Å². The van der Waals surface area contributed by atoms with E-state index < -0.39 is 0 Å². The van der Waals surface area contributed by atoms with Crippen LogP contribution < -0.4 is 15.4 Å². The number of carbonyl (C=O) groups excluding carboxylic acids is 1. The van der Waals surface area contributed by atoms with E-state index in [1.165, 1.54) is 11.5 Å². The third-order valence-electron chi connectivity index (χ3n) is 5.80. The van der Waals surface area contributed by atoms with Gasteiger partial charge in [-0.1, -0.05) is 0 Å². The van der Waals surface area contributed by atoms with E-state index in [1.54, 1.807) is 6.20 Å².